The first-order chi connectivity index (χ1) is 16.6. The lowest BCUT2D eigenvalue weighted by Gasteiger charge is -2.40. The van der Waals surface area contributed by atoms with Crippen LogP contribution in [0.2, 0.25) is 0 Å². The Morgan fingerprint density at radius 3 is 2.14 bits per heavy atom. The number of hydrogen-bond donors (Lipinski definition) is 0. The first-order valence-corrected chi connectivity index (χ1v) is 10.7. The highest BCUT2D eigenvalue weighted by Crippen LogP contribution is 2.27. The summed E-state index contributed by atoms with van der Waals surface area (Å²) < 4.78 is 27.3. The van der Waals surface area contributed by atoms with Gasteiger partial charge < -0.3 is 23.7 Å². The fraction of sp³-hybridized carbons (Fsp3) is 0.375. The molecule has 4 atom stereocenters. The van der Waals surface area contributed by atoms with Gasteiger partial charge in [0.2, 0.25) is 12.4 Å². The van der Waals surface area contributed by atoms with E-state index in [-0.39, 0.29) is 12.3 Å². The van der Waals surface area contributed by atoms with E-state index in [0.29, 0.717) is 12.2 Å². The van der Waals surface area contributed by atoms with Gasteiger partial charge in [0.1, 0.15) is 5.75 Å². The van der Waals surface area contributed by atoms with Crippen molar-refractivity contribution in [2.75, 3.05) is 6.61 Å². The van der Waals surface area contributed by atoms with E-state index in [9.17, 15) is 24.5 Å². The van der Waals surface area contributed by atoms with E-state index in [1.165, 1.54) is 32.9 Å². The third-order valence-electron chi connectivity index (χ3n) is 5.01. The van der Waals surface area contributed by atoms with Gasteiger partial charge in [-0.3, -0.25) is 24.5 Å². The number of non-ortho nitro benzene ring substituents is 1. The van der Waals surface area contributed by atoms with Gasteiger partial charge in [-0.25, -0.2) is 0 Å². The molecule has 0 radical (unpaired) electrons. The molecule has 0 spiro atoms. The summed E-state index contributed by atoms with van der Waals surface area (Å²) >= 11 is 0. The lowest BCUT2D eigenvalue weighted by molar-refractivity contribution is -0.384. The van der Waals surface area contributed by atoms with Gasteiger partial charge in [-0.2, -0.15) is 0 Å². The zero-order valence-electron chi connectivity index (χ0n) is 19.4. The van der Waals surface area contributed by atoms with Crippen LogP contribution < -0.4 is 4.74 Å². The summed E-state index contributed by atoms with van der Waals surface area (Å²) in [7, 11) is 0. The monoisotopic (exact) mass is 487 g/mol. The third-order valence-corrected chi connectivity index (χ3v) is 5.01. The van der Waals surface area contributed by atoms with Gasteiger partial charge in [-0.1, -0.05) is 24.3 Å². The zero-order chi connectivity index (χ0) is 25.5. The maximum absolute atomic E-state index is 11.7. The second-order valence-electron chi connectivity index (χ2n) is 7.86. The Morgan fingerprint density at radius 2 is 1.54 bits per heavy atom. The second-order valence-corrected chi connectivity index (χ2v) is 7.86. The predicted octanol–water partition coefficient (Wildman–Crippen LogP) is 2.72. The minimum Gasteiger partial charge on any atom is -0.461 e. The van der Waals surface area contributed by atoms with Crippen molar-refractivity contribution in [1.82, 2.24) is 0 Å². The first kappa shape index (κ1) is 25.6. The third kappa shape index (κ3) is 7.24. The van der Waals surface area contributed by atoms with Crippen molar-refractivity contribution in [3.05, 3.63) is 69.8 Å². The molecule has 3 rings (SSSR count). The normalized spacial score (nSPS) is 21.5. The molecule has 11 nitrogen and oxygen atoms in total. The molecule has 1 saturated heterocycles. The van der Waals surface area contributed by atoms with E-state index >= 15 is 0 Å². The Hall–Kier alpha value is -3.99. The van der Waals surface area contributed by atoms with Crippen LogP contribution in [0.25, 0.3) is 0 Å². The summed E-state index contributed by atoms with van der Waals surface area (Å²) in [6.07, 6.45) is -3.99. The smallest absolute Gasteiger partial charge is 0.303 e. The molecule has 0 bridgehead atoms. The highest BCUT2D eigenvalue weighted by Gasteiger charge is 2.48. The number of hydrogen-bond acceptors (Lipinski definition) is 10. The quantitative estimate of drug-likeness (QED) is 0.236. The van der Waals surface area contributed by atoms with Gasteiger partial charge in [0.25, 0.3) is 5.69 Å². The van der Waals surface area contributed by atoms with E-state index in [4.69, 9.17) is 23.7 Å². The van der Waals surface area contributed by atoms with Crippen molar-refractivity contribution >= 4 is 23.6 Å². The van der Waals surface area contributed by atoms with Gasteiger partial charge in [0.05, 0.1) is 11.5 Å². The Morgan fingerprint density at radius 1 is 0.914 bits per heavy atom. The van der Waals surface area contributed by atoms with Crippen molar-refractivity contribution in [2.45, 2.75) is 51.8 Å². The van der Waals surface area contributed by atoms with Crippen LogP contribution in [0, 0.1) is 10.1 Å². The maximum Gasteiger partial charge on any atom is 0.303 e. The Kier molecular flexibility index (Phi) is 8.37. The molecular weight excluding hydrogens is 462 g/mol. The molecule has 0 aromatic heterocycles. The molecule has 0 unspecified atom stereocenters. The molecule has 35 heavy (non-hydrogen) atoms. The Bertz CT molecular complexity index is 1080. The largest absolute Gasteiger partial charge is 0.461 e. The van der Waals surface area contributed by atoms with Crippen molar-refractivity contribution < 1.29 is 43.0 Å². The number of nitro groups is 1. The molecule has 0 amide bonds. The maximum atomic E-state index is 11.7. The van der Waals surface area contributed by atoms with Crippen LogP contribution in [0.4, 0.5) is 5.69 Å². The van der Waals surface area contributed by atoms with Crippen LogP contribution in [0.3, 0.4) is 0 Å². The average molecular weight is 487 g/mol. The van der Waals surface area contributed by atoms with Crippen LogP contribution in [-0.2, 0) is 39.8 Å². The summed E-state index contributed by atoms with van der Waals surface area (Å²) in [6, 6.07) is 13.3. The summed E-state index contributed by atoms with van der Waals surface area (Å²) in [5, 5.41) is 11.0. The van der Waals surface area contributed by atoms with Crippen LogP contribution in [0.15, 0.2) is 48.5 Å². The molecule has 1 aliphatic rings. The number of esters is 3. The minimum atomic E-state index is -1.20. The summed E-state index contributed by atoms with van der Waals surface area (Å²) in [5.74, 6) is -1.56. The van der Waals surface area contributed by atoms with E-state index in [1.54, 1.807) is 36.4 Å². The van der Waals surface area contributed by atoms with Gasteiger partial charge in [0, 0.05) is 32.9 Å². The van der Waals surface area contributed by atoms with Crippen molar-refractivity contribution in [1.29, 1.82) is 0 Å². The molecule has 0 saturated carbocycles. The van der Waals surface area contributed by atoms with E-state index in [2.05, 4.69) is 0 Å². The second kappa shape index (κ2) is 11.4. The molecular formula is C24H25NO10. The van der Waals surface area contributed by atoms with Crippen molar-refractivity contribution in [3.63, 3.8) is 0 Å². The van der Waals surface area contributed by atoms with Crippen LogP contribution in [-0.4, -0.2) is 54.0 Å². The molecule has 2 aromatic rings. The van der Waals surface area contributed by atoms with E-state index in [0.717, 1.165) is 11.1 Å². The topological polar surface area (TPSA) is 140 Å². The fourth-order valence-corrected chi connectivity index (χ4v) is 3.65. The molecule has 2 aromatic carbocycles. The molecule has 11 heteroatoms. The molecule has 1 aliphatic heterocycles. The van der Waals surface area contributed by atoms with Gasteiger partial charge in [0.15, 0.2) is 12.2 Å². The zero-order valence-corrected chi connectivity index (χ0v) is 19.4. The van der Waals surface area contributed by atoms with Gasteiger partial charge >= 0.3 is 17.9 Å². The lowest BCUT2D eigenvalue weighted by atomic mass is 10.0. The number of ether oxygens (including phenoxy) is 5. The summed E-state index contributed by atoms with van der Waals surface area (Å²) in [4.78, 5) is 45.4. The van der Waals surface area contributed by atoms with E-state index in [1.807, 2.05) is 0 Å². The molecule has 1 fully saturated rings. The number of carbonyl (C=O) groups is 3. The van der Waals surface area contributed by atoms with Crippen LogP contribution in [0.5, 0.6) is 5.75 Å². The number of nitro benzene ring substituents is 1. The Labute approximate surface area is 201 Å². The summed E-state index contributed by atoms with van der Waals surface area (Å²) in [5.41, 5.74) is 1.67. The first-order valence-electron chi connectivity index (χ1n) is 10.7. The number of benzene rings is 2. The number of carbonyl (C=O) groups excluding carboxylic acids is 3. The standard InChI is InChI=1S/C24H25NO10/c1-14(26)32-21-13-31-24(23(34-16(3)28)22(21)33-15(2)27)35-20-9-7-17(8-10-20)11-18-5-4-6-19(12-18)25(29)30/h4-10,12,21-24H,11,13H2,1-3H3/t21-,22+,23-,24+/m1/s1. The van der Waals surface area contributed by atoms with Crippen molar-refractivity contribution in [3.8, 4) is 5.75 Å². The van der Waals surface area contributed by atoms with Gasteiger partial charge in [-0.05, 0) is 29.7 Å². The Balaban J connectivity index is 1.75. The summed E-state index contributed by atoms with van der Waals surface area (Å²) in [6.45, 7) is 3.41. The highest BCUT2D eigenvalue weighted by atomic mass is 16.7. The predicted molar refractivity (Wildman–Crippen MR) is 119 cm³/mol. The van der Waals surface area contributed by atoms with Crippen LogP contribution in [0.1, 0.15) is 31.9 Å². The number of nitrogens with zero attached hydrogens (tertiary/aromatic N) is 1. The SMILES string of the molecule is CC(=O)O[C@@H]1[C@@H](OC(C)=O)[C@H](Oc2ccc(Cc3cccc([N+](=O)[O-])c3)cc2)OC[C@H]1OC(C)=O. The van der Waals surface area contributed by atoms with Crippen molar-refractivity contribution in [2.24, 2.45) is 0 Å². The molecule has 1 heterocycles. The molecule has 186 valence electrons. The molecule has 0 N–H and O–H groups in total. The van der Waals surface area contributed by atoms with E-state index < -0.39 is 47.4 Å². The lowest BCUT2D eigenvalue weighted by Crippen LogP contribution is -2.59. The number of rotatable bonds is 8. The molecule has 0 aliphatic carbocycles. The highest BCUT2D eigenvalue weighted by molar-refractivity contribution is 5.68. The van der Waals surface area contributed by atoms with Crippen LogP contribution >= 0.6 is 0 Å². The minimum absolute atomic E-state index is 0.0165. The fourth-order valence-electron chi connectivity index (χ4n) is 3.65. The average Bonchev–Trinajstić information content (AvgIpc) is 2.78. The van der Waals surface area contributed by atoms with Gasteiger partial charge in [-0.15, -0.1) is 0 Å².